The van der Waals surface area contributed by atoms with Crippen LogP contribution < -0.4 is 10.6 Å². The van der Waals surface area contributed by atoms with Crippen LogP contribution in [0.3, 0.4) is 0 Å². The normalized spacial score (nSPS) is 17.8. The lowest BCUT2D eigenvalue weighted by Gasteiger charge is -2.40. The molecule has 0 aromatic heterocycles. The number of hydrogen-bond donors (Lipinski definition) is 4. The summed E-state index contributed by atoms with van der Waals surface area (Å²) in [5.41, 5.74) is -0.507. The Kier molecular flexibility index (Phi) is 10.3. The summed E-state index contributed by atoms with van der Waals surface area (Å²) in [4.78, 5) is 38.9. The smallest absolute Gasteiger partial charge is 0.408 e. The largest absolute Gasteiger partial charge is 0.465 e. The van der Waals surface area contributed by atoms with E-state index in [1.54, 1.807) is 19.9 Å². The molecule has 1 saturated heterocycles. The second-order valence-corrected chi connectivity index (χ2v) is 10.6. The molecule has 212 valence electrons. The van der Waals surface area contributed by atoms with Crippen LogP contribution in [0, 0.1) is 11.8 Å². The Labute approximate surface area is 231 Å². The van der Waals surface area contributed by atoms with Crippen LogP contribution in [0.5, 0.6) is 0 Å². The summed E-state index contributed by atoms with van der Waals surface area (Å²) in [6.45, 7) is 3.48. The Balaban J connectivity index is 2.05. The first kappa shape index (κ1) is 30.3. The number of aliphatic hydroxyl groups excluding tert-OH is 1. The van der Waals surface area contributed by atoms with Crippen molar-refractivity contribution in [3.63, 3.8) is 0 Å². The van der Waals surface area contributed by atoms with E-state index in [0.717, 1.165) is 12.1 Å². The van der Waals surface area contributed by atoms with E-state index >= 15 is 8.78 Å². The molecule has 0 spiro atoms. The lowest BCUT2D eigenvalue weighted by Crippen LogP contribution is -2.56. The van der Waals surface area contributed by atoms with E-state index in [1.807, 2.05) is 0 Å². The molecule has 0 saturated carbocycles. The summed E-state index contributed by atoms with van der Waals surface area (Å²) < 4.78 is 32.6. The van der Waals surface area contributed by atoms with Gasteiger partial charge >= 0.3 is 6.09 Å². The zero-order valence-electron chi connectivity index (χ0n) is 21.8. The Morgan fingerprint density at radius 2 is 1.87 bits per heavy atom. The highest BCUT2D eigenvalue weighted by molar-refractivity contribution is 6.30. The lowest BCUT2D eigenvalue weighted by atomic mass is 9.90. The molecule has 3 amide bonds. The minimum Gasteiger partial charge on any atom is -0.465 e. The average molecular weight is 566 g/mol. The molecular formula is C28H34ClF2N3O5. The van der Waals surface area contributed by atoms with Gasteiger partial charge in [-0.1, -0.05) is 67.9 Å². The number of alkyl halides is 2. The first-order chi connectivity index (χ1) is 18.4. The van der Waals surface area contributed by atoms with E-state index in [0.29, 0.717) is 17.9 Å². The van der Waals surface area contributed by atoms with Crippen molar-refractivity contribution in [2.75, 3.05) is 13.2 Å². The Hall–Kier alpha value is -3.24. The van der Waals surface area contributed by atoms with Crippen LogP contribution in [0.1, 0.15) is 50.3 Å². The number of carboxylic acid groups (broad SMARTS) is 1. The van der Waals surface area contributed by atoms with Gasteiger partial charge in [0.15, 0.2) is 0 Å². The van der Waals surface area contributed by atoms with Gasteiger partial charge in [-0.25, -0.2) is 4.79 Å². The van der Waals surface area contributed by atoms with Crippen LogP contribution in [0.4, 0.5) is 13.6 Å². The number of amides is 3. The van der Waals surface area contributed by atoms with E-state index in [2.05, 4.69) is 10.6 Å². The third-order valence-corrected chi connectivity index (χ3v) is 7.03. The SMILES string of the molecule is CC(C)C[C@@H](C(=O)N[C@H](CO)C[C@@H]1CCNC1=O)N(C(=O)O)C(c1ccccc1)C(F)(F)c1cccc(Cl)c1. The van der Waals surface area contributed by atoms with Crippen LogP contribution in [-0.4, -0.2) is 58.3 Å². The molecule has 1 aliphatic rings. The van der Waals surface area contributed by atoms with Gasteiger partial charge in [-0.3, -0.25) is 14.5 Å². The van der Waals surface area contributed by atoms with Gasteiger partial charge in [-0.05, 0) is 42.9 Å². The Bertz CT molecular complexity index is 1150. The van der Waals surface area contributed by atoms with Crippen LogP contribution >= 0.6 is 11.6 Å². The van der Waals surface area contributed by atoms with E-state index < -0.39 is 54.1 Å². The fourth-order valence-corrected chi connectivity index (χ4v) is 5.13. The van der Waals surface area contributed by atoms with Gasteiger partial charge in [0.05, 0.1) is 12.6 Å². The predicted molar refractivity (Wildman–Crippen MR) is 142 cm³/mol. The molecule has 39 heavy (non-hydrogen) atoms. The van der Waals surface area contributed by atoms with Crippen molar-refractivity contribution < 1.29 is 33.4 Å². The van der Waals surface area contributed by atoms with Crippen molar-refractivity contribution in [2.24, 2.45) is 11.8 Å². The molecule has 1 aliphatic heterocycles. The third-order valence-electron chi connectivity index (χ3n) is 6.80. The maximum absolute atomic E-state index is 16.3. The number of nitrogens with one attached hydrogen (secondary N) is 2. The van der Waals surface area contributed by atoms with Gasteiger partial charge in [0.1, 0.15) is 12.1 Å². The molecule has 2 aromatic rings. The topological polar surface area (TPSA) is 119 Å². The first-order valence-electron chi connectivity index (χ1n) is 12.8. The molecule has 1 unspecified atom stereocenters. The summed E-state index contributed by atoms with van der Waals surface area (Å²) >= 11 is 6.00. The molecule has 0 radical (unpaired) electrons. The van der Waals surface area contributed by atoms with Gasteiger partial charge in [0.2, 0.25) is 11.8 Å². The highest BCUT2D eigenvalue weighted by Crippen LogP contribution is 2.46. The standard InChI is InChI=1S/C28H34ClF2N3O5/c1-17(2)13-23(26(37)33-22(16-35)14-19-11-12-32-25(19)36)34(27(38)39)24(18-7-4-3-5-8-18)28(30,31)20-9-6-10-21(29)15-20/h3-10,15,17,19,22-24,35H,11-14,16H2,1-2H3,(H,32,36)(H,33,37)(H,38,39)/t19-,22-,23-,24?/m0/s1. The van der Waals surface area contributed by atoms with Crippen molar-refractivity contribution in [3.05, 3.63) is 70.7 Å². The van der Waals surface area contributed by atoms with Gasteiger partial charge < -0.3 is 20.8 Å². The van der Waals surface area contributed by atoms with E-state index in [4.69, 9.17) is 11.6 Å². The number of aliphatic hydroxyl groups is 1. The lowest BCUT2D eigenvalue weighted by molar-refractivity contribution is -0.136. The van der Waals surface area contributed by atoms with Crippen molar-refractivity contribution in [1.82, 2.24) is 15.5 Å². The second-order valence-electron chi connectivity index (χ2n) is 10.2. The van der Waals surface area contributed by atoms with Crippen molar-refractivity contribution in [1.29, 1.82) is 0 Å². The summed E-state index contributed by atoms with van der Waals surface area (Å²) in [6, 6.07) is 7.98. The van der Waals surface area contributed by atoms with Crippen molar-refractivity contribution in [3.8, 4) is 0 Å². The highest BCUT2D eigenvalue weighted by atomic mass is 35.5. The quantitative estimate of drug-likeness (QED) is 0.301. The van der Waals surface area contributed by atoms with Gasteiger partial charge in [0.25, 0.3) is 5.92 Å². The fraction of sp³-hybridized carbons (Fsp3) is 0.464. The molecule has 1 fully saturated rings. The number of halogens is 3. The minimum absolute atomic E-state index is 0.00670. The van der Waals surface area contributed by atoms with Crippen molar-refractivity contribution >= 4 is 29.5 Å². The molecule has 8 nitrogen and oxygen atoms in total. The molecule has 4 atom stereocenters. The molecule has 3 rings (SSSR count). The molecule has 0 bridgehead atoms. The van der Waals surface area contributed by atoms with Gasteiger partial charge in [0, 0.05) is 23.0 Å². The van der Waals surface area contributed by atoms with Crippen LogP contribution in [0.25, 0.3) is 0 Å². The second kappa shape index (κ2) is 13.2. The number of rotatable bonds is 12. The van der Waals surface area contributed by atoms with E-state index in [1.165, 1.54) is 36.4 Å². The maximum atomic E-state index is 16.3. The molecule has 4 N–H and O–H groups in total. The summed E-state index contributed by atoms with van der Waals surface area (Å²) in [5.74, 6) is -5.47. The zero-order chi connectivity index (χ0) is 28.7. The van der Waals surface area contributed by atoms with Crippen LogP contribution in [0.2, 0.25) is 5.02 Å². The number of hydrogen-bond acceptors (Lipinski definition) is 4. The molecule has 0 aliphatic carbocycles. The Morgan fingerprint density at radius 3 is 2.41 bits per heavy atom. The third kappa shape index (κ3) is 7.45. The fourth-order valence-electron chi connectivity index (χ4n) is 4.94. The van der Waals surface area contributed by atoms with Crippen LogP contribution in [0.15, 0.2) is 54.6 Å². The molecule has 11 heteroatoms. The van der Waals surface area contributed by atoms with Crippen molar-refractivity contribution in [2.45, 2.75) is 57.2 Å². The monoisotopic (exact) mass is 565 g/mol. The average Bonchev–Trinajstić information content (AvgIpc) is 3.29. The molecular weight excluding hydrogens is 532 g/mol. The maximum Gasteiger partial charge on any atom is 0.408 e. The predicted octanol–water partition coefficient (Wildman–Crippen LogP) is 4.57. The Morgan fingerprint density at radius 1 is 1.18 bits per heavy atom. The summed E-state index contributed by atoms with van der Waals surface area (Å²) in [5, 5.41) is 25.6. The first-order valence-corrected chi connectivity index (χ1v) is 13.2. The summed E-state index contributed by atoms with van der Waals surface area (Å²) in [6.07, 6.45) is -1.10. The van der Waals surface area contributed by atoms with Gasteiger partial charge in [-0.2, -0.15) is 8.78 Å². The number of nitrogens with zero attached hydrogens (tertiary/aromatic N) is 1. The number of carbonyl (C=O) groups excluding carboxylic acids is 2. The molecule has 2 aromatic carbocycles. The van der Waals surface area contributed by atoms with E-state index in [9.17, 15) is 24.6 Å². The molecule has 1 heterocycles. The minimum atomic E-state index is -3.78. The summed E-state index contributed by atoms with van der Waals surface area (Å²) in [7, 11) is 0. The zero-order valence-corrected chi connectivity index (χ0v) is 22.6. The van der Waals surface area contributed by atoms with Crippen LogP contribution in [-0.2, 0) is 15.5 Å². The van der Waals surface area contributed by atoms with E-state index in [-0.39, 0.29) is 35.3 Å². The number of benzene rings is 2. The number of carbonyl (C=O) groups is 3. The van der Waals surface area contributed by atoms with Gasteiger partial charge in [-0.15, -0.1) is 0 Å². The highest BCUT2D eigenvalue weighted by Gasteiger charge is 2.51.